The van der Waals surface area contributed by atoms with Gasteiger partial charge in [-0.1, -0.05) is 18.2 Å². The summed E-state index contributed by atoms with van der Waals surface area (Å²) in [7, 11) is 1.54. The van der Waals surface area contributed by atoms with Crippen LogP contribution in [-0.4, -0.2) is 23.3 Å². The van der Waals surface area contributed by atoms with Gasteiger partial charge in [0.15, 0.2) is 0 Å². The normalized spacial score (nSPS) is 11.3. The fraction of sp³-hybridized carbons (Fsp3) is 0.294. The van der Waals surface area contributed by atoms with Crippen molar-refractivity contribution in [3.8, 4) is 11.1 Å². The average molecular weight is 330 g/mol. The summed E-state index contributed by atoms with van der Waals surface area (Å²) in [6.07, 6.45) is 0. The summed E-state index contributed by atoms with van der Waals surface area (Å²) in [6.45, 7) is 4.66. The monoisotopic (exact) mass is 330 g/mol. The molecule has 6 heteroatoms. The Bertz CT molecular complexity index is 982. The third kappa shape index (κ3) is 2.75. The topological polar surface area (TPSA) is 64.1 Å². The van der Waals surface area contributed by atoms with Crippen LogP contribution < -0.4 is 11.2 Å². The molecule has 0 saturated carbocycles. The first-order valence-electron chi connectivity index (χ1n) is 7.34. The van der Waals surface area contributed by atoms with Crippen molar-refractivity contribution in [3.63, 3.8) is 0 Å². The van der Waals surface area contributed by atoms with Crippen LogP contribution in [0.5, 0.6) is 0 Å². The van der Waals surface area contributed by atoms with Crippen LogP contribution in [0.4, 0.5) is 0 Å². The first-order valence-corrected chi connectivity index (χ1v) is 8.21. The molecule has 23 heavy (non-hydrogen) atoms. The van der Waals surface area contributed by atoms with Crippen molar-refractivity contribution in [3.05, 3.63) is 55.5 Å². The number of nitrogens with one attached hydrogen (secondary N) is 1. The van der Waals surface area contributed by atoms with Gasteiger partial charge in [-0.15, -0.1) is 11.3 Å². The van der Waals surface area contributed by atoms with E-state index in [2.05, 4.69) is 18.0 Å². The van der Waals surface area contributed by atoms with Crippen LogP contribution in [0.25, 0.3) is 21.3 Å². The Morgan fingerprint density at radius 1 is 1.22 bits per heavy atom. The lowest BCUT2D eigenvalue weighted by molar-refractivity contribution is 0.185. The number of aromatic amines is 1. The average Bonchev–Trinajstić information content (AvgIpc) is 2.93. The van der Waals surface area contributed by atoms with Gasteiger partial charge >= 0.3 is 5.69 Å². The highest BCUT2D eigenvalue weighted by Crippen LogP contribution is 2.31. The standard InChI is InChI=1S/C17H18N2O3S/c1-10-4-5-12(8-11(10)2)13-9-23-15-14(13)16(20)19(6-7-22-3)17(21)18-15/h4-5,8-9H,6-7H2,1-3H3,(H,18,21). The highest BCUT2D eigenvalue weighted by Gasteiger charge is 2.15. The molecule has 0 amide bonds. The molecule has 0 spiro atoms. The number of methoxy groups -OCH3 is 1. The quantitative estimate of drug-likeness (QED) is 0.800. The number of aryl methyl sites for hydroxylation is 2. The van der Waals surface area contributed by atoms with E-state index in [-0.39, 0.29) is 12.1 Å². The Hall–Kier alpha value is -2.18. The zero-order chi connectivity index (χ0) is 16.6. The maximum Gasteiger partial charge on any atom is 0.329 e. The minimum Gasteiger partial charge on any atom is -0.383 e. The molecule has 2 heterocycles. The number of rotatable bonds is 4. The van der Waals surface area contributed by atoms with Crippen molar-refractivity contribution in [1.82, 2.24) is 9.55 Å². The third-order valence-corrected chi connectivity index (χ3v) is 4.95. The Kier molecular flexibility index (Phi) is 4.19. The number of hydrogen-bond acceptors (Lipinski definition) is 4. The molecule has 3 rings (SSSR count). The smallest absolute Gasteiger partial charge is 0.329 e. The Morgan fingerprint density at radius 2 is 2.00 bits per heavy atom. The molecule has 0 unspecified atom stereocenters. The first-order chi connectivity index (χ1) is 11.0. The Balaban J connectivity index is 2.25. The molecule has 0 atom stereocenters. The molecule has 120 valence electrons. The molecule has 2 aromatic heterocycles. The SMILES string of the molecule is COCCn1c(=O)[nH]c2scc(-c3ccc(C)c(C)c3)c2c1=O. The molecular weight excluding hydrogens is 312 g/mol. The third-order valence-electron chi connectivity index (χ3n) is 4.05. The van der Waals surface area contributed by atoms with Gasteiger partial charge in [0.1, 0.15) is 4.83 Å². The Labute approximate surface area is 137 Å². The van der Waals surface area contributed by atoms with Crippen molar-refractivity contribution in [2.45, 2.75) is 20.4 Å². The van der Waals surface area contributed by atoms with E-state index in [4.69, 9.17) is 4.74 Å². The minimum atomic E-state index is -0.395. The largest absolute Gasteiger partial charge is 0.383 e. The van der Waals surface area contributed by atoms with Gasteiger partial charge in [0.25, 0.3) is 5.56 Å². The van der Waals surface area contributed by atoms with E-state index in [9.17, 15) is 9.59 Å². The fourth-order valence-electron chi connectivity index (χ4n) is 2.56. The number of H-pyrrole nitrogens is 1. The summed E-state index contributed by atoms with van der Waals surface area (Å²) < 4.78 is 6.18. The van der Waals surface area contributed by atoms with Crippen LogP contribution >= 0.6 is 11.3 Å². The second-order valence-electron chi connectivity index (χ2n) is 5.53. The summed E-state index contributed by atoms with van der Waals surface area (Å²) in [4.78, 5) is 28.2. The van der Waals surface area contributed by atoms with Gasteiger partial charge in [-0.2, -0.15) is 0 Å². The number of nitrogens with zero attached hydrogens (tertiary/aromatic N) is 1. The van der Waals surface area contributed by atoms with Crippen LogP contribution in [0.15, 0.2) is 33.2 Å². The van der Waals surface area contributed by atoms with E-state index in [1.54, 1.807) is 7.11 Å². The van der Waals surface area contributed by atoms with Gasteiger partial charge in [-0.3, -0.25) is 14.3 Å². The lowest BCUT2D eigenvalue weighted by Gasteiger charge is -2.06. The number of fused-ring (bicyclic) bond motifs is 1. The van der Waals surface area contributed by atoms with Gasteiger partial charge in [0.2, 0.25) is 0 Å². The molecule has 0 radical (unpaired) electrons. The molecule has 5 nitrogen and oxygen atoms in total. The molecular formula is C17H18N2O3S. The number of aromatic nitrogens is 2. The van der Waals surface area contributed by atoms with Crippen LogP contribution in [0.2, 0.25) is 0 Å². The lowest BCUT2D eigenvalue weighted by Crippen LogP contribution is -2.35. The summed E-state index contributed by atoms with van der Waals surface area (Å²) in [5, 5.41) is 2.49. The van der Waals surface area contributed by atoms with E-state index in [0.717, 1.165) is 11.1 Å². The van der Waals surface area contributed by atoms with Gasteiger partial charge in [0.05, 0.1) is 18.5 Å². The van der Waals surface area contributed by atoms with Crippen LogP contribution in [-0.2, 0) is 11.3 Å². The molecule has 0 bridgehead atoms. The van der Waals surface area contributed by atoms with E-state index < -0.39 is 5.69 Å². The highest BCUT2D eigenvalue weighted by atomic mass is 32.1. The van der Waals surface area contributed by atoms with Crippen molar-refractivity contribution >= 4 is 21.6 Å². The zero-order valence-corrected chi connectivity index (χ0v) is 14.1. The maximum absolute atomic E-state index is 12.8. The maximum atomic E-state index is 12.8. The van der Waals surface area contributed by atoms with Crippen LogP contribution in [0.3, 0.4) is 0 Å². The summed E-state index contributed by atoms with van der Waals surface area (Å²) in [6, 6.07) is 6.12. The molecule has 0 aliphatic heterocycles. The van der Waals surface area contributed by atoms with E-state index in [0.29, 0.717) is 16.8 Å². The number of thiophene rings is 1. The minimum absolute atomic E-state index is 0.239. The van der Waals surface area contributed by atoms with Gasteiger partial charge in [-0.05, 0) is 30.5 Å². The van der Waals surface area contributed by atoms with Gasteiger partial charge in [-0.25, -0.2) is 4.79 Å². The second kappa shape index (κ2) is 6.14. The summed E-state index contributed by atoms with van der Waals surface area (Å²) in [5.74, 6) is 0. The lowest BCUT2D eigenvalue weighted by atomic mass is 10.0. The number of benzene rings is 1. The first kappa shape index (κ1) is 15.7. The van der Waals surface area contributed by atoms with Crippen LogP contribution in [0.1, 0.15) is 11.1 Å². The van der Waals surface area contributed by atoms with E-state index in [1.165, 1.54) is 27.0 Å². The molecule has 0 aliphatic rings. The molecule has 0 fully saturated rings. The molecule has 0 aliphatic carbocycles. The molecule has 3 aromatic rings. The highest BCUT2D eigenvalue weighted by molar-refractivity contribution is 7.17. The molecule has 1 N–H and O–H groups in total. The number of ether oxygens (including phenoxy) is 1. The predicted molar refractivity (Wildman–Crippen MR) is 93.5 cm³/mol. The second-order valence-corrected chi connectivity index (χ2v) is 6.41. The van der Waals surface area contributed by atoms with E-state index >= 15 is 0 Å². The van der Waals surface area contributed by atoms with Crippen molar-refractivity contribution < 1.29 is 4.74 Å². The summed E-state index contributed by atoms with van der Waals surface area (Å²) >= 11 is 1.38. The van der Waals surface area contributed by atoms with Crippen molar-refractivity contribution in [2.75, 3.05) is 13.7 Å². The van der Waals surface area contributed by atoms with Crippen molar-refractivity contribution in [2.24, 2.45) is 0 Å². The summed E-state index contributed by atoms with van der Waals surface area (Å²) in [5.41, 5.74) is 3.57. The Morgan fingerprint density at radius 3 is 2.70 bits per heavy atom. The number of hydrogen-bond donors (Lipinski definition) is 1. The molecule has 0 saturated heterocycles. The van der Waals surface area contributed by atoms with Crippen LogP contribution in [0, 0.1) is 13.8 Å². The van der Waals surface area contributed by atoms with E-state index in [1.807, 2.05) is 24.4 Å². The van der Waals surface area contributed by atoms with Gasteiger partial charge in [0, 0.05) is 18.1 Å². The van der Waals surface area contributed by atoms with Crippen molar-refractivity contribution in [1.29, 1.82) is 0 Å². The molecule has 1 aromatic carbocycles. The predicted octanol–water partition coefficient (Wildman–Crippen LogP) is 2.68. The fourth-order valence-corrected chi connectivity index (χ4v) is 3.51. The zero-order valence-electron chi connectivity index (χ0n) is 13.3. The van der Waals surface area contributed by atoms with Gasteiger partial charge < -0.3 is 4.74 Å².